The number of rotatable bonds is 10. The van der Waals surface area contributed by atoms with Gasteiger partial charge in [0.15, 0.2) is 0 Å². The first-order chi connectivity index (χ1) is 27.6. The average molecular weight is 717 g/mol. The maximum Gasteiger partial charge on any atom is -0.0103 e. The van der Waals surface area contributed by atoms with Crippen LogP contribution in [0, 0.1) is 13.8 Å². The van der Waals surface area contributed by atoms with Crippen molar-refractivity contribution in [2.24, 2.45) is 0 Å². The molecule has 0 spiro atoms. The van der Waals surface area contributed by atoms with Crippen LogP contribution in [0.1, 0.15) is 66.8 Å². The van der Waals surface area contributed by atoms with Gasteiger partial charge >= 0.3 is 0 Å². The largest absolute Gasteiger partial charge is 0.0622 e. The summed E-state index contributed by atoms with van der Waals surface area (Å²) < 4.78 is 0. The smallest absolute Gasteiger partial charge is 0.0103 e. The normalized spacial score (nSPS) is 12.2. The van der Waals surface area contributed by atoms with Crippen molar-refractivity contribution in [2.75, 3.05) is 0 Å². The van der Waals surface area contributed by atoms with Gasteiger partial charge < -0.3 is 0 Å². The van der Waals surface area contributed by atoms with E-state index in [1.165, 1.54) is 77.6 Å². The van der Waals surface area contributed by atoms with Crippen molar-refractivity contribution < 1.29 is 0 Å². The monoisotopic (exact) mass is 716 g/mol. The van der Waals surface area contributed by atoms with Crippen molar-refractivity contribution >= 4 is 58.4 Å². The van der Waals surface area contributed by atoms with Crippen molar-refractivity contribution in [1.82, 2.24) is 0 Å². The molecular formula is C56H44. The van der Waals surface area contributed by atoms with Crippen LogP contribution in [0.2, 0.25) is 0 Å². The third-order valence-corrected chi connectivity index (χ3v) is 10.4. The van der Waals surface area contributed by atoms with E-state index < -0.39 is 0 Å². The Morgan fingerprint density at radius 2 is 0.661 bits per heavy atom. The number of hydrogen-bond donors (Lipinski definition) is 0. The van der Waals surface area contributed by atoms with Gasteiger partial charge in [0.1, 0.15) is 0 Å². The quantitative estimate of drug-likeness (QED) is 0.124. The van der Waals surface area contributed by atoms with Gasteiger partial charge in [0.05, 0.1) is 0 Å². The minimum atomic E-state index is 1.16. The molecule has 8 rings (SSSR count). The molecule has 0 aliphatic rings. The molecule has 0 heteroatoms. The van der Waals surface area contributed by atoms with Gasteiger partial charge in [-0.15, -0.1) is 0 Å². The van der Waals surface area contributed by atoms with Crippen molar-refractivity contribution in [2.45, 2.75) is 13.8 Å². The Hall–Kier alpha value is -7.02. The van der Waals surface area contributed by atoms with E-state index in [0.29, 0.717) is 0 Å². The van der Waals surface area contributed by atoms with Crippen LogP contribution in [0.15, 0.2) is 194 Å². The number of fused-ring (bicyclic) bond motifs is 1. The summed E-state index contributed by atoms with van der Waals surface area (Å²) in [7, 11) is 0. The highest BCUT2D eigenvalue weighted by Gasteiger charge is 2.10. The van der Waals surface area contributed by atoms with Crippen LogP contribution in [0.5, 0.6) is 0 Å². The first-order valence-corrected chi connectivity index (χ1v) is 19.3. The Balaban J connectivity index is 1.06. The maximum atomic E-state index is 2.30. The van der Waals surface area contributed by atoms with Crippen LogP contribution in [0.4, 0.5) is 0 Å². The number of benzene rings is 8. The molecule has 0 aliphatic heterocycles. The maximum absolute atomic E-state index is 2.30. The molecule has 0 aliphatic carbocycles. The highest BCUT2D eigenvalue weighted by molar-refractivity contribution is 5.95. The van der Waals surface area contributed by atoms with Crippen LogP contribution < -0.4 is 0 Å². The molecule has 56 heavy (non-hydrogen) atoms. The standard InChI is InChI=1S/C56H44/c1-41-15-9-13-23-53(41)55(47-17-5-3-6-18-47)37-45-29-25-43(26-30-45)33-35-51-39-49-21-11-12-22-50(49)40-52(51)36-34-44-27-31-46(32-28-44)38-56(48-19-7-4-8-20-48)54-24-14-10-16-42(54)2/h3-40H,1-2H3. The topological polar surface area (TPSA) is 0 Å². The van der Waals surface area contributed by atoms with Crippen LogP contribution in [-0.2, 0) is 0 Å². The molecule has 0 atom stereocenters. The summed E-state index contributed by atoms with van der Waals surface area (Å²) in [6.07, 6.45) is 13.5. The van der Waals surface area contributed by atoms with E-state index >= 15 is 0 Å². The first-order valence-electron chi connectivity index (χ1n) is 19.3. The fraction of sp³-hybridized carbons (Fsp3) is 0.0357. The zero-order chi connectivity index (χ0) is 38.1. The molecule has 0 fully saturated rings. The highest BCUT2D eigenvalue weighted by Crippen LogP contribution is 2.31. The third kappa shape index (κ3) is 8.52. The lowest BCUT2D eigenvalue weighted by molar-refractivity contribution is 1.42. The van der Waals surface area contributed by atoms with Crippen molar-refractivity contribution in [3.8, 4) is 0 Å². The molecule has 0 saturated heterocycles. The Kier molecular flexibility index (Phi) is 10.9. The number of aryl methyl sites for hydroxylation is 2. The van der Waals surface area contributed by atoms with E-state index in [0.717, 1.165) is 11.1 Å². The fourth-order valence-electron chi connectivity index (χ4n) is 7.30. The third-order valence-electron chi connectivity index (χ3n) is 10.4. The average Bonchev–Trinajstić information content (AvgIpc) is 3.25. The lowest BCUT2D eigenvalue weighted by atomic mass is 9.92. The Morgan fingerprint density at radius 1 is 0.321 bits per heavy atom. The van der Waals surface area contributed by atoms with Crippen LogP contribution in [0.25, 0.3) is 58.4 Å². The second-order valence-corrected chi connectivity index (χ2v) is 14.3. The first kappa shape index (κ1) is 36.0. The van der Waals surface area contributed by atoms with Crippen LogP contribution >= 0.6 is 0 Å². The second-order valence-electron chi connectivity index (χ2n) is 14.3. The van der Waals surface area contributed by atoms with Gasteiger partial charge in [-0.25, -0.2) is 0 Å². The molecule has 8 aromatic rings. The van der Waals surface area contributed by atoms with Crippen molar-refractivity contribution in [1.29, 1.82) is 0 Å². The SMILES string of the molecule is Cc1ccccc1C(=Cc1ccc(C=Cc2cc3ccccc3cc2C=Cc2ccc(C=C(c3ccccc3)c3ccccc3C)cc2)cc1)c1ccccc1. The van der Waals surface area contributed by atoms with Gasteiger partial charge in [-0.3, -0.25) is 0 Å². The van der Waals surface area contributed by atoms with Crippen molar-refractivity contribution in [3.63, 3.8) is 0 Å². The lowest BCUT2D eigenvalue weighted by Gasteiger charge is -2.12. The van der Waals surface area contributed by atoms with Crippen molar-refractivity contribution in [3.05, 3.63) is 261 Å². The molecule has 0 radical (unpaired) electrons. The summed E-state index contributed by atoms with van der Waals surface area (Å²) in [5.41, 5.74) is 16.9. The zero-order valence-corrected chi connectivity index (χ0v) is 31.9. The molecule has 0 bridgehead atoms. The highest BCUT2D eigenvalue weighted by atomic mass is 14.1. The molecule has 0 amide bonds. The summed E-state index contributed by atoms with van der Waals surface area (Å²) in [5.74, 6) is 0. The minimum absolute atomic E-state index is 1.16. The molecule has 0 unspecified atom stereocenters. The summed E-state index contributed by atoms with van der Waals surface area (Å²) in [6.45, 7) is 4.36. The van der Waals surface area contributed by atoms with Gasteiger partial charge in [0, 0.05) is 0 Å². The molecule has 0 saturated carbocycles. The summed E-state index contributed by atoms with van der Waals surface area (Å²) in [6, 6.07) is 69.4. The molecule has 0 aromatic heterocycles. The van der Waals surface area contributed by atoms with E-state index in [4.69, 9.17) is 0 Å². The van der Waals surface area contributed by atoms with Gasteiger partial charge in [-0.1, -0.05) is 206 Å². The van der Waals surface area contributed by atoms with E-state index in [2.05, 4.69) is 244 Å². The molecule has 268 valence electrons. The summed E-state index contributed by atoms with van der Waals surface area (Å²) in [4.78, 5) is 0. The van der Waals surface area contributed by atoms with E-state index in [9.17, 15) is 0 Å². The van der Waals surface area contributed by atoms with E-state index in [1.807, 2.05) is 0 Å². The summed E-state index contributed by atoms with van der Waals surface area (Å²) >= 11 is 0. The van der Waals surface area contributed by atoms with E-state index in [1.54, 1.807) is 0 Å². The van der Waals surface area contributed by atoms with Crippen LogP contribution in [0.3, 0.4) is 0 Å². The predicted molar refractivity (Wildman–Crippen MR) is 244 cm³/mol. The van der Waals surface area contributed by atoms with Gasteiger partial charge in [-0.05, 0) is 127 Å². The molecular weight excluding hydrogens is 673 g/mol. The Morgan fingerprint density at radius 3 is 1.05 bits per heavy atom. The second kappa shape index (κ2) is 17.0. The summed E-state index contributed by atoms with van der Waals surface area (Å²) in [5, 5.41) is 2.46. The Labute approximate surface area is 331 Å². The fourth-order valence-corrected chi connectivity index (χ4v) is 7.30. The minimum Gasteiger partial charge on any atom is -0.0622 e. The van der Waals surface area contributed by atoms with Crippen LogP contribution in [-0.4, -0.2) is 0 Å². The number of hydrogen-bond acceptors (Lipinski definition) is 0. The lowest BCUT2D eigenvalue weighted by Crippen LogP contribution is -1.91. The van der Waals surface area contributed by atoms with E-state index in [-0.39, 0.29) is 0 Å². The molecule has 0 heterocycles. The predicted octanol–water partition coefficient (Wildman–Crippen LogP) is 15.0. The molecule has 8 aromatic carbocycles. The zero-order valence-electron chi connectivity index (χ0n) is 31.9. The van der Waals surface area contributed by atoms with Gasteiger partial charge in [-0.2, -0.15) is 0 Å². The Bertz CT molecular complexity index is 2510. The van der Waals surface area contributed by atoms with Gasteiger partial charge in [0.25, 0.3) is 0 Å². The molecule has 0 N–H and O–H groups in total. The van der Waals surface area contributed by atoms with Gasteiger partial charge in [0.2, 0.25) is 0 Å². The molecule has 0 nitrogen and oxygen atoms in total.